The largest absolute Gasteiger partial charge is 0.358 e. The number of carbonyl (C=O) groups excluding carboxylic acids is 2. The Morgan fingerprint density at radius 3 is 2.89 bits per heavy atom. The van der Waals surface area contributed by atoms with Crippen LogP contribution in [0.4, 0.5) is 5.82 Å². The van der Waals surface area contributed by atoms with Crippen LogP contribution in [0.5, 0.6) is 0 Å². The van der Waals surface area contributed by atoms with Gasteiger partial charge in [-0.15, -0.1) is 0 Å². The Bertz CT molecular complexity index is 908. The first kappa shape index (κ1) is 19.5. The lowest BCUT2D eigenvalue weighted by atomic mass is 9.99. The molecule has 3 rings (SSSR count). The van der Waals surface area contributed by atoms with Crippen LogP contribution in [0.2, 0.25) is 0 Å². The van der Waals surface area contributed by atoms with Crippen LogP contribution in [-0.4, -0.2) is 34.0 Å². The van der Waals surface area contributed by atoms with Gasteiger partial charge in [-0.05, 0) is 36.7 Å². The minimum Gasteiger partial charge on any atom is -0.358 e. The van der Waals surface area contributed by atoms with Gasteiger partial charge in [0.2, 0.25) is 10.7 Å². The number of fused-ring (bicyclic) bond motifs is 3. The number of benzene rings is 1. The topological polar surface area (TPSA) is 76.0 Å². The number of nitrogens with one attached hydrogen (secondary N) is 2. The quantitative estimate of drug-likeness (QED) is 0.673. The molecule has 7 heteroatoms. The second-order valence-corrected chi connectivity index (χ2v) is 7.42. The van der Waals surface area contributed by atoms with Crippen molar-refractivity contribution >= 4 is 40.8 Å². The summed E-state index contributed by atoms with van der Waals surface area (Å²) >= 11 is 5.28. The van der Waals surface area contributed by atoms with Crippen LogP contribution in [0.25, 0.3) is 10.9 Å². The van der Waals surface area contributed by atoms with Crippen molar-refractivity contribution in [2.24, 2.45) is 5.92 Å². The lowest BCUT2D eigenvalue weighted by molar-refractivity contribution is -0.121. The van der Waals surface area contributed by atoms with Crippen molar-refractivity contribution in [1.29, 1.82) is 0 Å². The molecule has 27 heavy (non-hydrogen) atoms. The van der Waals surface area contributed by atoms with Gasteiger partial charge in [0, 0.05) is 11.9 Å². The number of para-hydroxylation sites is 1. The Kier molecular flexibility index (Phi) is 6.21. The predicted octanol–water partition coefficient (Wildman–Crippen LogP) is 3.92. The van der Waals surface area contributed by atoms with Crippen molar-refractivity contribution < 1.29 is 9.59 Å². The highest BCUT2D eigenvalue weighted by Gasteiger charge is 2.33. The molecule has 0 saturated heterocycles. The van der Waals surface area contributed by atoms with Gasteiger partial charge in [0.25, 0.3) is 5.91 Å². The number of carbonyl (C=O) groups is 2. The molecule has 0 fully saturated rings. The molecule has 0 aliphatic carbocycles. The van der Waals surface area contributed by atoms with E-state index in [2.05, 4.69) is 29.5 Å². The SMILES string of the molecule is CCCC[C@@H](CC)CNC(=O)C[C@@H]1Nc2c3ccccc3nc(=S)n2C1=O. The molecule has 0 saturated carbocycles. The van der Waals surface area contributed by atoms with E-state index in [4.69, 9.17) is 12.2 Å². The summed E-state index contributed by atoms with van der Waals surface area (Å²) in [7, 11) is 0. The molecule has 1 amide bonds. The van der Waals surface area contributed by atoms with Gasteiger partial charge < -0.3 is 10.6 Å². The van der Waals surface area contributed by atoms with E-state index in [1.54, 1.807) is 0 Å². The second-order valence-electron chi connectivity index (χ2n) is 7.06. The third-order valence-electron chi connectivity index (χ3n) is 5.14. The van der Waals surface area contributed by atoms with Crippen molar-refractivity contribution in [3.8, 4) is 0 Å². The summed E-state index contributed by atoms with van der Waals surface area (Å²) in [6.45, 7) is 4.97. The zero-order chi connectivity index (χ0) is 19.4. The van der Waals surface area contributed by atoms with Gasteiger partial charge in [0.05, 0.1) is 11.9 Å². The first-order chi connectivity index (χ1) is 13.0. The van der Waals surface area contributed by atoms with Gasteiger partial charge in [-0.25, -0.2) is 9.55 Å². The van der Waals surface area contributed by atoms with Crippen LogP contribution in [0, 0.1) is 10.7 Å². The lowest BCUT2D eigenvalue weighted by Crippen LogP contribution is -2.35. The van der Waals surface area contributed by atoms with Crippen LogP contribution >= 0.6 is 12.2 Å². The van der Waals surface area contributed by atoms with E-state index in [0.29, 0.717) is 18.3 Å². The van der Waals surface area contributed by atoms with Gasteiger partial charge in [0.1, 0.15) is 11.9 Å². The molecule has 1 aromatic carbocycles. The van der Waals surface area contributed by atoms with Gasteiger partial charge in [0.15, 0.2) is 0 Å². The molecule has 1 aromatic heterocycles. The number of aromatic nitrogens is 2. The summed E-state index contributed by atoms with van der Waals surface area (Å²) in [6, 6.07) is 6.91. The maximum absolute atomic E-state index is 12.7. The summed E-state index contributed by atoms with van der Waals surface area (Å²) in [5.74, 6) is 0.775. The highest BCUT2D eigenvalue weighted by molar-refractivity contribution is 7.71. The Hall–Kier alpha value is -2.28. The summed E-state index contributed by atoms with van der Waals surface area (Å²) < 4.78 is 1.63. The molecule has 1 aliphatic rings. The van der Waals surface area contributed by atoms with Crippen LogP contribution in [0.1, 0.15) is 50.7 Å². The molecule has 144 valence electrons. The smallest absolute Gasteiger partial charge is 0.257 e. The first-order valence-corrected chi connectivity index (χ1v) is 10.0. The monoisotopic (exact) mass is 386 g/mol. The molecular formula is C20H26N4O2S. The van der Waals surface area contributed by atoms with Crippen LogP contribution in [0.3, 0.4) is 0 Å². The molecular weight excluding hydrogens is 360 g/mol. The van der Waals surface area contributed by atoms with Crippen LogP contribution < -0.4 is 10.6 Å². The van der Waals surface area contributed by atoms with Gasteiger partial charge >= 0.3 is 0 Å². The molecule has 0 spiro atoms. The molecule has 6 nitrogen and oxygen atoms in total. The molecule has 2 aromatic rings. The number of hydrogen-bond donors (Lipinski definition) is 2. The lowest BCUT2D eigenvalue weighted by Gasteiger charge is -2.16. The Morgan fingerprint density at radius 1 is 1.37 bits per heavy atom. The first-order valence-electron chi connectivity index (χ1n) is 9.64. The van der Waals surface area contributed by atoms with E-state index in [1.807, 2.05) is 24.3 Å². The van der Waals surface area contributed by atoms with Crippen LogP contribution in [-0.2, 0) is 4.79 Å². The number of amides is 1. The van der Waals surface area contributed by atoms with Crippen molar-refractivity contribution in [2.45, 2.75) is 52.0 Å². The van der Waals surface area contributed by atoms with Crippen molar-refractivity contribution in [3.63, 3.8) is 0 Å². The van der Waals surface area contributed by atoms with Crippen LogP contribution in [0.15, 0.2) is 24.3 Å². The number of rotatable bonds is 8. The number of nitrogens with zero attached hydrogens (tertiary/aromatic N) is 2. The van der Waals surface area contributed by atoms with Gasteiger partial charge in [-0.2, -0.15) is 0 Å². The van der Waals surface area contributed by atoms with E-state index in [0.717, 1.165) is 30.2 Å². The number of unbranched alkanes of at least 4 members (excludes halogenated alkanes) is 1. The van der Waals surface area contributed by atoms with Gasteiger partial charge in [-0.1, -0.05) is 45.2 Å². The number of anilines is 1. The maximum atomic E-state index is 12.7. The zero-order valence-electron chi connectivity index (χ0n) is 15.8. The van der Waals surface area contributed by atoms with Gasteiger partial charge in [-0.3, -0.25) is 9.59 Å². The summed E-state index contributed by atoms with van der Waals surface area (Å²) in [4.78, 5) is 29.5. The van der Waals surface area contributed by atoms with E-state index in [1.165, 1.54) is 11.0 Å². The Morgan fingerprint density at radius 2 is 2.15 bits per heavy atom. The van der Waals surface area contributed by atoms with E-state index < -0.39 is 6.04 Å². The fourth-order valence-corrected chi connectivity index (χ4v) is 3.75. The Labute approximate surface area is 164 Å². The standard InChI is InChI=1S/C20H26N4O2S/c1-3-5-8-13(4-2)12-21-17(25)11-16-19(26)24-18(22-16)14-9-6-7-10-15(14)23-20(24)27/h6-7,9-10,13,16,22H,3-5,8,11-12H2,1-2H3,(H,21,25)/t13-,16+/m1/s1. The maximum Gasteiger partial charge on any atom is 0.257 e. The normalized spacial score (nSPS) is 16.8. The third kappa shape index (κ3) is 4.18. The zero-order valence-corrected chi connectivity index (χ0v) is 16.6. The fourth-order valence-electron chi connectivity index (χ4n) is 3.47. The minimum absolute atomic E-state index is 0.0911. The van der Waals surface area contributed by atoms with E-state index in [-0.39, 0.29) is 23.0 Å². The molecule has 2 atom stereocenters. The van der Waals surface area contributed by atoms with Crippen molar-refractivity contribution in [2.75, 3.05) is 11.9 Å². The summed E-state index contributed by atoms with van der Waals surface area (Å²) in [6.07, 6.45) is 4.58. The average Bonchev–Trinajstić information content (AvgIpc) is 2.99. The highest BCUT2D eigenvalue weighted by Crippen LogP contribution is 2.28. The predicted molar refractivity (Wildman–Crippen MR) is 110 cm³/mol. The second kappa shape index (κ2) is 8.61. The van der Waals surface area contributed by atoms with Crippen molar-refractivity contribution in [1.82, 2.24) is 14.9 Å². The van der Waals surface area contributed by atoms with E-state index in [9.17, 15) is 9.59 Å². The fraction of sp³-hybridized carbons (Fsp3) is 0.500. The van der Waals surface area contributed by atoms with Crippen molar-refractivity contribution in [3.05, 3.63) is 29.0 Å². The average molecular weight is 387 g/mol. The molecule has 0 unspecified atom stereocenters. The third-order valence-corrected chi connectivity index (χ3v) is 5.41. The molecule has 0 bridgehead atoms. The molecule has 2 heterocycles. The molecule has 2 N–H and O–H groups in total. The Balaban J connectivity index is 1.68. The minimum atomic E-state index is -0.616. The number of hydrogen-bond acceptors (Lipinski definition) is 5. The highest BCUT2D eigenvalue weighted by atomic mass is 32.1. The molecule has 1 aliphatic heterocycles. The summed E-state index contributed by atoms with van der Waals surface area (Å²) in [5.41, 5.74) is 0.737. The summed E-state index contributed by atoms with van der Waals surface area (Å²) in [5, 5.41) is 6.99. The van der Waals surface area contributed by atoms with E-state index >= 15 is 0 Å². The molecule has 0 radical (unpaired) electrons.